The first-order valence-electron chi connectivity index (χ1n) is 9.53. The van der Waals surface area contributed by atoms with Gasteiger partial charge in [0.2, 0.25) is 0 Å². The molecule has 1 unspecified atom stereocenters. The molecule has 0 spiro atoms. The molecule has 0 aliphatic carbocycles. The Morgan fingerprint density at radius 1 is 1.03 bits per heavy atom. The molecular formula is C22H25Cl2N3O3. The first kappa shape index (κ1) is 23.7. The summed E-state index contributed by atoms with van der Waals surface area (Å²) in [5.41, 5.74) is 3.47. The maximum Gasteiger partial charge on any atom is 0.262 e. The molecule has 0 fully saturated rings. The Bertz CT molecular complexity index is 930. The number of nitrogens with zero attached hydrogens (tertiary/aromatic N) is 1. The van der Waals surface area contributed by atoms with Crippen LogP contribution in [0.3, 0.4) is 0 Å². The fourth-order valence-corrected chi connectivity index (χ4v) is 2.98. The van der Waals surface area contributed by atoms with Crippen molar-refractivity contribution >= 4 is 41.2 Å². The van der Waals surface area contributed by atoms with Crippen molar-refractivity contribution in [1.82, 2.24) is 10.7 Å². The summed E-state index contributed by atoms with van der Waals surface area (Å²) >= 11 is 12.0. The van der Waals surface area contributed by atoms with Crippen LogP contribution in [-0.2, 0) is 4.79 Å². The average molecular weight is 450 g/mol. The number of hydrogen-bond acceptors (Lipinski definition) is 4. The molecule has 160 valence electrons. The first-order chi connectivity index (χ1) is 14.2. The third kappa shape index (κ3) is 7.04. The SMILES string of the molecule is CC(C)Oc1ccc(Cl)cc1/C=N\NC(=O)C(NC(=O)c1cccc(Cl)c1)C(C)C. The molecule has 2 amide bonds. The Morgan fingerprint density at radius 3 is 2.37 bits per heavy atom. The summed E-state index contributed by atoms with van der Waals surface area (Å²) in [6.07, 6.45) is 1.43. The van der Waals surface area contributed by atoms with Gasteiger partial charge in [-0.15, -0.1) is 0 Å². The van der Waals surface area contributed by atoms with E-state index in [1.165, 1.54) is 6.21 Å². The minimum Gasteiger partial charge on any atom is -0.490 e. The molecule has 2 N–H and O–H groups in total. The lowest BCUT2D eigenvalue weighted by Gasteiger charge is -2.20. The van der Waals surface area contributed by atoms with Crippen LogP contribution >= 0.6 is 23.2 Å². The van der Waals surface area contributed by atoms with Gasteiger partial charge in [0.25, 0.3) is 11.8 Å². The maximum absolute atomic E-state index is 12.6. The zero-order valence-corrected chi connectivity index (χ0v) is 18.8. The summed E-state index contributed by atoms with van der Waals surface area (Å²) in [5, 5.41) is 7.70. The fraction of sp³-hybridized carbons (Fsp3) is 0.318. The molecule has 0 aliphatic rings. The number of ether oxygens (including phenoxy) is 1. The maximum atomic E-state index is 12.6. The zero-order chi connectivity index (χ0) is 22.3. The summed E-state index contributed by atoms with van der Waals surface area (Å²) in [5.74, 6) is -0.390. The lowest BCUT2D eigenvalue weighted by atomic mass is 10.0. The van der Waals surface area contributed by atoms with Crippen molar-refractivity contribution in [1.29, 1.82) is 0 Å². The Balaban J connectivity index is 2.09. The first-order valence-corrected chi connectivity index (χ1v) is 10.3. The van der Waals surface area contributed by atoms with Crippen LogP contribution in [0.15, 0.2) is 47.6 Å². The Labute approximate surface area is 186 Å². The van der Waals surface area contributed by atoms with Gasteiger partial charge in [0.05, 0.1) is 12.3 Å². The second kappa shape index (κ2) is 11.0. The predicted octanol–water partition coefficient (Wildman–Crippen LogP) is 4.69. The number of carbonyl (C=O) groups is 2. The van der Waals surface area contributed by atoms with E-state index in [-0.39, 0.29) is 12.0 Å². The lowest BCUT2D eigenvalue weighted by Crippen LogP contribution is -2.48. The van der Waals surface area contributed by atoms with E-state index in [4.69, 9.17) is 27.9 Å². The number of hydrogen-bond donors (Lipinski definition) is 2. The molecule has 0 aromatic heterocycles. The van der Waals surface area contributed by atoms with Crippen molar-refractivity contribution < 1.29 is 14.3 Å². The lowest BCUT2D eigenvalue weighted by molar-refractivity contribution is -0.123. The molecule has 1 atom stereocenters. The van der Waals surface area contributed by atoms with Crippen molar-refractivity contribution in [2.75, 3.05) is 0 Å². The number of benzene rings is 2. The molecule has 8 heteroatoms. The highest BCUT2D eigenvalue weighted by molar-refractivity contribution is 6.31. The van der Waals surface area contributed by atoms with E-state index in [1.807, 2.05) is 27.7 Å². The molecule has 6 nitrogen and oxygen atoms in total. The molecule has 2 rings (SSSR count). The summed E-state index contributed by atoms with van der Waals surface area (Å²) in [6, 6.07) is 10.9. The molecule has 0 aliphatic heterocycles. The van der Waals surface area contributed by atoms with Crippen molar-refractivity contribution in [3.63, 3.8) is 0 Å². The van der Waals surface area contributed by atoms with Gasteiger partial charge in [-0.2, -0.15) is 5.10 Å². The van der Waals surface area contributed by atoms with E-state index in [0.29, 0.717) is 26.9 Å². The standard InChI is InChI=1S/C22H25Cl2N3O3/c1-13(2)20(26-21(28)15-6-5-7-17(23)10-15)22(29)27-25-12-16-11-18(24)8-9-19(16)30-14(3)4/h5-14,20H,1-4H3,(H,26,28)(H,27,29)/b25-12-. The second-order valence-electron chi connectivity index (χ2n) is 7.29. The largest absolute Gasteiger partial charge is 0.490 e. The smallest absolute Gasteiger partial charge is 0.262 e. The van der Waals surface area contributed by atoms with Crippen LogP contribution in [0.1, 0.15) is 43.6 Å². The van der Waals surface area contributed by atoms with Gasteiger partial charge in [0.1, 0.15) is 11.8 Å². The number of halogens is 2. The van der Waals surface area contributed by atoms with Gasteiger partial charge in [0, 0.05) is 21.2 Å². The van der Waals surface area contributed by atoms with Crippen LogP contribution < -0.4 is 15.5 Å². The Hall–Kier alpha value is -2.57. The molecule has 2 aromatic carbocycles. The third-order valence-corrected chi connectivity index (χ3v) is 4.51. The van der Waals surface area contributed by atoms with Gasteiger partial charge in [-0.05, 0) is 56.2 Å². The van der Waals surface area contributed by atoms with Crippen molar-refractivity contribution in [3.8, 4) is 5.75 Å². The number of carbonyl (C=O) groups excluding carboxylic acids is 2. The van der Waals surface area contributed by atoms with E-state index in [0.717, 1.165) is 0 Å². The van der Waals surface area contributed by atoms with Gasteiger partial charge >= 0.3 is 0 Å². The minimum atomic E-state index is -0.778. The molecule has 0 radical (unpaired) electrons. The van der Waals surface area contributed by atoms with Gasteiger partial charge in [-0.25, -0.2) is 5.43 Å². The quantitative estimate of drug-likeness (QED) is 0.453. The highest BCUT2D eigenvalue weighted by atomic mass is 35.5. The van der Waals surface area contributed by atoms with E-state index in [2.05, 4.69) is 15.8 Å². The molecule has 30 heavy (non-hydrogen) atoms. The van der Waals surface area contributed by atoms with E-state index >= 15 is 0 Å². The normalized spacial score (nSPS) is 12.3. The molecule has 0 saturated heterocycles. The van der Waals surface area contributed by atoms with Crippen LogP contribution in [0, 0.1) is 5.92 Å². The monoisotopic (exact) mass is 449 g/mol. The van der Waals surface area contributed by atoms with Crippen LogP contribution in [-0.4, -0.2) is 30.2 Å². The van der Waals surface area contributed by atoms with Crippen molar-refractivity contribution in [2.24, 2.45) is 11.0 Å². The van der Waals surface area contributed by atoms with E-state index in [9.17, 15) is 9.59 Å². The van der Waals surface area contributed by atoms with Gasteiger partial charge < -0.3 is 10.1 Å². The molecule has 0 saturated carbocycles. The van der Waals surface area contributed by atoms with E-state index in [1.54, 1.807) is 42.5 Å². The molecule has 2 aromatic rings. The Kier molecular flexibility index (Phi) is 8.69. The summed E-state index contributed by atoms with van der Waals surface area (Å²) in [6.45, 7) is 7.48. The second-order valence-corrected chi connectivity index (χ2v) is 8.16. The van der Waals surface area contributed by atoms with Gasteiger partial charge in [-0.3, -0.25) is 9.59 Å². The van der Waals surface area contributed by atoms with E-state index < -0.39 is 17.9 Å². The topological polar surface area (TPSA) is 79.8 Å². The predicted molar refractivity (Wildman–Crippen MR) is 120 cm³/mol. The summed E-state index contributed by atoms with van der Waals surface area (Å²) < 4.78 is 5.72. The minimum absolute atomic E-state index is 0.0278. The van der Waals surface area contributed by atoms with Gasteiger partial charge in [-0.1, -0.05) is 43.1 Å². The average Bonchev–Trinajstić information content (AvgIpc) is 2.67. The number of nitrogens with one attached hydrogen (secondary N) is 2. The number of amides is 2. The summed E-state index contributed by atoms with van der Waals surface area (Å²) in [7, 11) is 0. The molecule has 0 bridgehead atoms. The molecular weight excluding hydrogens is 425 g/mol. The van der Waals surface area contributed by atoms with Crippen LogP contribution in [0.2, 0.25) is 10.0 Å². The van der Waals surface area contributed by atoms with Crippen LogP contribution in [0.5, 0.6) is 5.75 Å². The fourth-order valence-electron chi connectivity index (χ4n) is 2.61. The number of rotatable bonds is 8. The highest BCUT2D eigenvalue weighted by Crippen LogP contribution is 2.22. The van der Waals surface area contributed by atoms with Gasteiger partial charge in [0.15, 0.2) is 0 Å². The Morgan fingerprint density at radius 2 is 1.73 bits per heavy atom. The van der Waals surface area contributed by atoms with Crippen LogP contribution in [0.25, 0.3) is 0 Å². The zero-order valence-electron chi connectivity index (χ0n) is 17.3. The molecule has 0 heterocycles. The van der Waals surface area contributed by atoms with Crippen molar-refractivity contribution in [3.05, 3.63) is 63.6 Å². The van der Waals surface area contributed by atoms with Crippen molar-refractivity contribution in [2.45, 2.75) is 39.8 Å². The third-order valence-electron chi connectivity index (χ3n) is 4.04. The number of hydrazone groups is 1. The summed E-state index contributed by atoms with van der Waals surface area (Å²) in [4.78, 5) is 25.1. The highest BCUT2D eigenvalue weighted by Gasteiger charge is 2.24. The van der Waals surface area contributed by atoms with Crippen LogP contribution in [0.4, 0.5) is 0 Å².